The van der Waals surface area contributed by atoms with Crippen molar-refractivity contribution in [3.63, 3.8) is 0 Å². The van der Waals surface area contributed by atoms with Crippen LogP contribution in [-0.4, -0.2) is 21.8 Å². The summed E-state index contributed by atoms with van der Waals surface area (Å²) in [5, 5.41) is 3.64. The fourth-order valence-electron chi connectivity index (χ4n) is 2.42. The Hall–Kier alpha value is -0.830. The van der Waals surface area contributed by atoms with E-state index in [9.17, 15) is 4.21 Å². The molecule has 1 N–H and O–H groups in total. The average molecular weight is 265 g/mol. The molecule has 1 aliphatic heterocycles. The predicted octanol–water partition coefficient (Wildman–Crippen LogP) is 3.31. The molecule has 3 heteroatoms. The summed E-state index contributed by atoms with van der Waals surface area (Å²) in [4.78, 5) is 0. The second-order valence-electron chi connectivity index (χ2n) is 6.06. The van der Waals surface area contributed by atoms with Crippen molar-refractivity contribution in [1.82, 2.24) is 0 Å². The van der Waals surface area contributed by atoms with Crippen LogP contribution in [0.4, 0.5) is 5.69 Å². The quantitative estimate of drug-likeness (QED) is 0.889. The lowest BCUT2D eigenvalue weighted by atomic mass is 9.85. The number of rotatable bonds is 2. The number of anilines is 1. The van der Waals surface area contributed by atoms with Crippen molar-refractivity contribution in [1.29, 1.82) is 0 Å². The summed E-state index contributed by atoms with van der Waals surface area (Å²) in [7, 11) is -0.581. The van der Waals surface area contributed by atoms with Gasteiger partial charge in [-0.3, -0.25) is 4.21 Å². The van der Waals surface area contributed by atoms with Crippen molar-refractivity contribution in [3.05, 3.63) is 29.8 Å². The van der Waals surface area contributed by atoms with E-state index in [0.29, 0.717) is 6.04 Å². The first-order valence-corrected chi connectivity index (χ1v) is 8.16. The smallest absolute Gasteiger partial charge is 0.0380 e. The minimum absolute atomic E-state index is 0.154. The van der Waals surface area contributed by atoms with E-state index in [4.69, 9.17) is 0 Å². The van der Waals surface area contributed by atoms with Crippen molar-refractivity contribution in [2.75, 3.05) is 16.8 Å². The van der Waals surface area contributed by atoms with Gasteiger partial charge in [0, 0.05) is 34.0 Å². The monoisotopic (exact) mass is 265 g/mol. The molecule has 0 bridgehead atoms. The molecule has 0 saturated carbocycles. The second kappa shape index (κ2) is 5.43. The van der Waals surface area contributed by atoms with Gasteiger partial charge in [-0.1, -0.05) is 39.0 Å². The molecule has 0 amide bonds. The number of hydrogen-bond donors (Lipinski definition) is 1. The fraction of sp³-hybridized carbons (Fsp3) is 0.600. The first-order valence-electron chi connectivity index (χ1n) is 6.68. The summed E-state index contributed by atoms with van der Waals surface area (Å²) >= 11 is 0. The zero-order chi connectivity index (χ0) is 13.2. The number of nitrogens with one attached hydrogen (secondary N) is 1. The lowest BCUT2D eigenvalue weighted by Crippen LogP contribution is -2.30. The van der Waals surface area contributed by atoms with Crippen molar-refractivity contribution in [2.45, 2.75) is 45.1 Å². The largest absolute Gasteiger partial charge is 0.382 e. The van der Waals surface area contributed by atoms with Crippen LogP contribution in [-0.2, 0) is 16.2 Å². The van der Waals surface area contributed by atoms with Gasteiger partial charge in [0.1, 0.15) is 0 Å². The Bertz CT molecular complexity index is 426. The molecule has 0 radical (unpaired) electrons. The van der Waals surface area contributed by atoms with Crippen molar-refractivity contribution < 1.29 is 4.21 Å². The average Bonchev–Trinajstić information content (AvgIpc) is 2.31. The lowest BCUT2D eigenvalue weighted by molar-refractivity contribution is 0.585. The molecular weight excluding hydrogens is 242 g/mol. The van der Waals surface area contributed by atoms with Crippen LogP contribution < -0.4 is 5.32 Å². The Morgan fingerprint density at radius 3 is 2.39 bits per heavy atom. The Morgan fingerprint density at radius 1 is 1.17 bits per heavy atom. The van der Waals surface area contributed by atoms with Crippen LogP contribution in [0.1, 0.15) is 39.2 Å². The maximum atomic E-state index is 11.4. The molecule has 1 aromatic carbocycles. The molecule has 18 heavy (non-hydrogen) atoms. The normalized spacial score (nSPS) is 24.8. The van der Waals surface area contributed by atoms with Crippen LogP contribution in [0.5, 0.6) is 0 Å². The van der Waals surface area contributed by atoms with Crippen LogP contribution in [0.3, 0.4) is 0 Å². The number of para-hydroxylation sites is 1. The van der Waals surface area contributed by atoms with E-state index in [0.717, 1.165) is 24.3 Å². The zero-order valence-electron chi connectivity index (χ0n) is 11.5. The Kier molecular flexibility index (Phi) is 4.10. The number of hydrogen-bond acceptors (Lipinski definition) is 2. The highest BCUT2D eigenvalue weighted by Crippen LogP contribution is 2.30. The molecule has 2 nitrogen and oxygen atoms in total. The van der Waals surface area contributed by atoms with Gasteiger partial charge in [-0.15, -0.1) is 0 Å². The molecule has 1 aliphatic rings. The molecule has 2 rings (SSSR count). The van der Waals surface area contributed by atoms with Gasteiger partial charge in [-0.05, 0) is 29.9 Å². The van der Waals surface area contributed by atoms with Gasteiger partial charge in [0.2, 0.25) is 0 Å². The summed E-state index contributed by atoms with van der Waals surface area (Å²) in [5.41, 5.74) is 2.75. The van der Waals surface area contributed by atoms with E-state index < -0.39 is 10.8 Å². The van der Waals surface area contributed by atoms with Gasteiger partial charge < -0.3 is 5.32 Å². The molecule has 1 saturated heterocycles. The van der Waals surface area contributed by atoms with E-state index in [-0.39, 0.29) is 5.41 Å². The summed E-state index contributed by atoms with van der Waals surface area (Å²) in [6.07, 6.45) is 2.04. The maximum absolute atomic E-state index is 11.4. The highest BCUT2D eigenvalue weighted by molar-refractivity contribution is 7.85. The first kappa shape index (κ1) is 13.6. The molecule has 1 fully saturated rings. The second-order valence-corrected chi connectivity index (χ2v) is 7.76. The highest BCUT2D eigenvalue weighted by atomic mass is 32.2. The van der Waals surface area contributed by atoms with E-state index in [1.54, 1.807) is 0 Å². The Balaban J connectivity index is 2.12. The molecule has 0 spiro atoms. The predicted molar refractivity (Wildman–Crippen MR) is 79.7 cm³/mol. The van der Waals surface area contributed by atoms with Crippen LogP contribution in [0, 0.1) is 0 Å². The van der Waals surface area contributed by atoms with E-state index >= 15 is 0 Å². The van der Waals surface area contributed by atoms with Gasteiger partial charge in [0.05, 0.1) is 0 Å². The molecular formula is C15H23NOS. The van der Waals surface area contributed by atoms with Gasteiger partial charge in [0.15, 0.2) is 0 Å². The minimum atomic E-state index is -0.581. The maximum Gasteiger partial charge on any atom is 0.0380 e. The summed E-state index contributed by atoms with van der Waals surface area (Å²) < 4.78 is 11.4. The third kappa shape index (κ3) is 3.35. The molecule has 0 atom stereocenters. The molecule has 0 unspecified atom stereocenters. The highest BCUT2D eigenvalue weighted by Gasteiger charge is 2.21. The lowest BCUT2D eigenvalue weighted by Gasteiger charge is -2.28. The Morgan fingerprint density at radius 2 is 1.78 bits per heavy atom. The van der Waals surface area contributed by atoms with Crippen LogP contribution >= 0.6 is 0 Å². The van der Waals surface area contributed by atoms with Crippen molar-refractivity contribution >= 4 is 16.5 Å². The summed E-state index contributed by atoms with van der Waals surface area (Å²) in [6, 6.07) is 9.02. The van der Waals surface area contributed by atoms with Gasteiger partial charge in [-0.25, -0.2) is 0 Å². The minimum Gasteiger partial charge on any atom is -0.382 e. The van der Waals surface area contributed by atoms with Crippen molar-refractivity contribution in [2.24, 2.45) is 0 Å². The van der Waals surface area contributed by atoms with Gasteiger partial charge in [0.25, 0.3) is 0 Å². The van der Waals surface area contributed by atoms with Crippen LogP contribution in [0.25, 0.3) is 0 Å². The van der Waals surface area contributed by atoms with Gasteiger partial charge >= 0.3 is 0 Å². The standard InChI is InChI=1S/C15H23NOS/c1-15(2,3)13-6-4-5-7-14(13)16-12-8-10-18(17)11-9-12/h4-7,12,16H,8-11H2,1-3H3. The third-order valence-electron chi connectivity index (χ3n) is 3.48. The SMILES string of the molecule is CC(C)(C)c1ccccc1NC1CCS(=O)CC1. The number of benzene rings is 1. The van der Waals surface area contributed by atoms with Crippen LogP contribution in [0.2, 0.25) is 0 Å². The zero-order valence-corrected chi connectivity index (χ0v) is 12.3. The Labute approximate surface area is 113 Å². The third-order valence-corrected chi connectivity index (χ3v) is 4.86. The molecule has 0 aromatic heterocycles. The molecule has 1 aromatic rings. The first-order chi connectivity index (χ1) is 8.47. The van der Waals surface area contributed by atoms with E-state index in [2.05, 4.69) is 50.4 Å². The molecule has 0 aliphatic carbocycles. The summed E-state index contributed by atoms with van der Waals surface area (Å²) in [6.45, 7) is 6.72. The summed E-state index contributed by atoms with van der Waals surface area (Å²) in [5.74, 6) is 1.69. The fourth-order valence-corrected chi connectivity index (χ4v) is 3.72. The van der Waals surface area contributed by atoms with E-state index in [1.165, 1.54) is 11.3 Å². The van der Waals surface area contributed by atoms with Crippen LogP contribution in [0.15, 0.2) is 24.3 Å². The molecule has 1 heterocycles. The topological polar surface area (TPSA) is 29.1 Å². The van der Waals surface area contributed by atoms with Gasteiger partial charge in [-0.2, -0.15) is 0 Å². The molecule has 100 valence electrons. The van der Waals surface area contributed by atoms with E-state index in [1.807, 2.05) is 0 Å². The van der Waals surface area contributed by atoms with Crippen molar-refractivity contribution in [3.8, 4) is 0 Å².